The Morgan fingerprint density at radius 2 is 2.14 bits per heavy atom. The van der Waals surface area contributed by atoms with Crippen LogP contribution in [-0.4, -0.2) is 41.8 Å². The maximum atomic E-state index is 12.1. The summed E-state index contributed by atoms with van der Waals surface area (Å²) >= 11 is 0. The highest BCUT2D eigenvalue weighted by molar-refractivity contribution is 5.68. The van der Waals surface area contributed by atoms with E-state index < -0.39 is 5.60 Å². The monoisotopic (exact) mass is 296 g/mol. The average molecular weight is 296 g/mol. The summed E-state index contributed by atoms with van der Waals surface area (Å²) in [7, 11) is 0. The van der Waals surface area contributed by atoms with Crippen molar-refractivity contribution >= 4 is 6.09 Å². The lowest BCUT2D eigenvalue weighted by molar-refractivity contribution is 0.0256. The zero-order valence-corrected chi connectivity index (χ0v) is 14.2. The van der Waals surface area contributed by atoms with E-state index in [1.54, 1.807) is 0 Å². The highest BCUT2D eigenvalue weighted by Crippen LogP contribution is 2.16. The fourth-order valence-corrected chi connectivity index (χ4v) is 2.63. The molecule has 0 aromatic heterocycles. The van der Waals surface area contributed by atoms with Gasteiger partial charge in [-0.15, -0.1) is 6.58 Å². The van der Waals surface area contributed by atoms with Gasteiger partial charge >= 0.3 is 6.09 Å². The average Bonchev–Trinajstić information content (AvgIpc) is 2.60. The van der Waals surface area contributed by atoms with Crippen LogP contribution in [0.25, 0.3) is 0 Å². The summed E-state index contributed by atoms with van der Waals surface area (Å²) in [6, 6.07) is 0.998. The molecule has 0 aromatic rings. The molecule has 2 unspecified atom stereocenters. The van der Waals surface area contributed by atoms with Gasteiger partial charge in [0.05, 0.1) is 0 Å². The molecule has 1 aliphatic heterocycles. The molecule has 0 aliphatic carbocycles. The number of allylic oxidation sites excluding steroid dienone is 1. The predicted molar refractivity (Wildman–Crippen MR) is 87.5 cm³/mol. The van der Waals surface area contributed by atoms with Gasteiger partial charge in [0.1, 0.15) is 5.60 Å². The fourth-order valence-electron chi connectivity index (χ4n) is 2.63. The lowest BCUT2D eigenvalue weighted by Crippen LogP contribution is -2.39. The first-order valence-electron chi connectivity index (χ1n) is 8.16. The summed E-state index contributed by atoms with van der Waals surface area (Å²) in [6.45, 7) is 13.3. The first-order chi connectivity index (χ1) is 9.81. The molecule has 4 heteroatoms. The molecule has 0 aromatic carbocycles. The zero-order valence-electron chi connectivity index (χ0n) is 14.2. The fraction of sp³-hybridized carbons (Fsp3) is 0.824. The lowest BCUT2D eigenvalue weighted by Gasteiger charge is -2.26. The molecule has 2 atom stereocenters. The van der Waals surface area contributed by atoms with E-state index in [1.165, 1.54) is 0 Å². The molecule has 4 nitrogen and oxygen atoms in total. The number of carbonyl (C=O) groups excluding carboxylic acids is 1. The van der Waals surface area contributed by atoms with Crippen molar-refractivity contribution in [2.45, 2.75) is 77.5 Å². The van der Waals surface area contributed by atoms with Crippen LogP contribution in [0.4, 0.5) is 4.79 Å². The van der Waals surface area contributed by atoms with Crippen LogP contribution in [0.2, 0.25) is 0 Å². The van der Waals surface area contributed by atoms with Crippen LogP contribution in [0.5, 0.6) is 0 Å². The van der Waals surface area contributed by atoms with Crippen molar-refractivity contribution in [3.8, 4) is 0 Å². The van der Waals surface area contributed by atoms with Crippen molar-refractivity contribution in [2.75, 3.05) is 13.1 Å². The third kappa shape index (κ3) is 7.51. The van der Waals surface area contributed by atoms with E-state index in [9.17, 15) is 4.79 Å². The van der Waals surface area contributed by atoms with Crippen LogP contribution in [-0.2, 0) is 4.74 Å². The number of hydrogen-bond donors (Lipinski definition) is 1. The minimum Gasteiger partial charge on any atom is -0.444 e. The number of hydrogen-bond acceptors (Lipinski definition) is 3. The van der Waals surface area contributed by atoms with E-state index in [2.05, 4.69) is 18.8 Å². The van der Waals surface area contributed by atoms with Gasteiger partial charge in [-0.2, -0.15) is 0 Å². The summed E-state index contributed by atoms with van der Waals surface area (Å²) in [5.74, 6) is 0. The molecule has 1 rings (SSSR count). The Morgan fingerprint density at radius 1 is 1.43 bits per heavy atom. The van der Waals surface area contributed by atoms with Crippen molar-refractivity contribution in [3.05, 3.63) is 12.7 Å². The molecule has 1 aliphatic rings. The van der Waals surface area contributed by atoms with Gasteiger partial charge in [-0.3, -0.25) is 0 Å². The standard InChI is InChI=1S/C17H32N2O2/c1-6-7-9-14(2)18-15-10-8-12-19(13-11-15)16(20)21-17(3,4)5/h6,14-15,18H,1,7-13H2,2-5H3. The van der Waals surface area contributed by atoms with Crippen molar-refractivity contribution < 1.29 is 9.53 Å². The van der Waals surface area contributed by atoms with Crippen LogP contribution in [0.15, 0.2) is 12.7 Å². The van der Waals surface area contributed by atoms with Crippen molar-refractivity contribution in [3.63, 3.8) is 0 Å². The van der Waals surface area contributed by atoms with Gasteiger partial charge in [-0.25, -0.2) is 4.79 Å². The molecule has 0 bridgehead atoms. The maximum Gasteiger partial charge on any atom is 0.410 e. The van der Waals surface area contributed by atoms with Gasteiger partial charge in [0.2, 0.25) is 0 Å². The highest BCUT2D eigenvalue weighted by atomic mass is 16.6. The van der Waals surface area contributed by atoms with E-state index in [0.717, 1.165) is 45.2 Å². The Balaban J connectivity index is 2.39. The number of rotatable bonds is 5. The molecule has 0 saturated carbocycles. The van der Waals surface area contributed by atoms with Gasteiger partial charge < -0.3 is 15.0 Å². The largest absolute Gasteiger partial charge is 0.444 e. The molecule has 1 N–H and O–H groups in total. The molecule has 122 valence electrons. The number of nitrogens with zero attached hydrogens (tertiary/aromatic N) is 1. The van der Waals surface area contributed by atoms with Crippen molar-refractivity contribution in [1.29, 1.82) is 0 Å². The van der Waals surface area contributed by atoms with Gasteiger partial charge in [-0.05, 0) is 59.8 Å². The van der Waals surface area contributed by atoms with Gasteiger partial charge in [-0.1, -0.05) is 6.08 Å². The van der Waals surface area contributed by atoms with Crippen LogP contribution in [0, 0.1) is 0 Å². The molecular weight excluding hydrogens is 264 g/mol. The Kier molecular flexibility index (Phi) is 7.23. The van der Waals surface area contributed by atoms with E-state index in [0.29, 0.717) is 12.1 Å². The molecule has 21 heavy (non-hydrogen) atoms. The van der Waals surface area contributed by atoms with Gasteiger partial charge in [0.15, 0.2) is 0 Å². The summed E-state index contributed by atoms with van der Waals surface area (Å²) in [5, 5.41) is 3.67. The third-order valence-electron chi connectivity index (χ3n) is 3.70. The maximum absolute atomic E-state index is 12.1. The molecule has 1 amide bonds. The SMILES string of the molecule is C=CCCC(C)NC1CCCN(C(=O)OC(C)(C)C)CC1. The second-order valence-corrected chi connectivity index (χ2v) is 7.03. The summed E-state index contributed by atoms with van der Waals surface area (Å²) < 4.78 is 5.46. The van der Waals surface area contributed by atoms with Crippen LogP contribution < -0.4 is 5.32 Å². The number of amides is 1. The Morgan fingerprint density at radius 3 is 2.76 bits per heavy atom. The Bertz CT molecular complexity index is 336. The van der Waals surface area contributed by atoms with Crippen molar-refractivity contribution in [2.24, 2.45) is 0 Å². The molecular formula is C17H32N2O2. The first kappa shape index (κ1) is 18.0. The zero-order chi connectivity index (χ0) is 15.9. The highest BCUT2D eigenvalue weighted by Gasteiger charge is 2.25. The summed E-state index contributed by atoms with van der Waals surface area (Å²) in [6.07, 6.45) is 7.11. The van der Waals surface area contributed by atoms with E-state index in [-0.39, 0.29) is 6.09 Å². The molecule has 1 saturated heterocycles. The minimum absolute atomic E-state index is 0.178. The van der Waals surface area contributed by atoms with Gasteiger partial charge in [0, 0.05) is 25.2 Å². The molecule has 1 heterocycles. The van der Waals surface area contributed by atoms with Crippen LogP contribution in [0.1, 0.15) is 59.8 Å². The van der Waals surface area contributed by atoms with Crippen molar-refractivity contribution in [1.82, 2.24) is 10.2 Å². The van der Waals surface area contributed by atoms with E-state index in [1.807, 2.05) is 31.7 Å². The summed E-state index contributed by atoms with van der Waals surface area (Å²) in [4.78, 5) is 14.0. The Labute approximate surface area is 129 Å². The van der Waals surface area contributed by atoms with E-state index >= 15 is 0 Å². The normalized spacial score (nSPS) is 21.5. The quantitative estimate of drug-likeness (QED) is 0.786. The number of ether oxygens (including phenoxy) is 1. The minimum atomic E-state index is -0.416. The number of carbonyl (C=O) groups is 1. The second kappa shape index (κ2) is 8.42. The predicted octanol–water partition coefficient (Wildman–Crippen LogP) is 3.72. The first-order valence-corrected chi connectivity index (χ1v) is 8.16. The lowest BCUT2D eigenvalue weighted by atomic mass is 10.1. The molecule has 1 fully saturated rings. The summed E-state index contributed by atoms with van der Waals surface area (Å²) in [5.41, 5.74) is -0.416. The number of nitrogens with one attached hydrogen (secondary N) is 1. The van der Waals surface area contributed by atoms with Gasteiger partial charge in [0.25, 0.3) is 0 Å². The van der Waals surface area contributed by atoms with E-state index in [4.69, 9.17) is 4.74 Å². The number of likely N-dealkylation sites (tertiary alicyclic amines) is 1. The topological polar surface area (TPSA) is 41.6 Å². The van der Waals surface area contributed by atoms with Crippen LogP contribution in [0.3, 0.4) is 0 Å². The Hall–Kier alpha value is -1.03. The van der Waals surface area contributed by atoms with Crippen LogP contribution >= 0.6 is 0 Å². The molecule has 0 spiro atoms. The smallest absolute Gasteiger partial charge is 0.410 e. The molecule has 0 radical (unpaired) electrons. The third-order valence-corrected chi connectivity index (χ3v) is 3.70. The second-order valence-electron chi connectivity index (χ2n) is 7.03.